The van der Waals surface area contributed by atoms with Crippen molar-refractivity contribution < 1.29 is 9.72 Å². The lowest BCUT2D eigenvalue weighted by atomic mass is 9.80. The summed E-state index contributed by atoms with van der Waals surface area (Å²) in [7, 11) is 0. The zero-order chi connectivity index (χ0) is 15.4. The van der Waals surface area contributed by atoms with E-state index >= 15 is 0 Å². The van der Waals surface area contributed by atoms with E-state index in [0.717, 1.165) is 6.42 Å². The molecule has 0 spiro atoms. The van der Waals surface area contributed by atoms with E-state index in [1.807, 2.05) is 0 Å². The zero-order valence-corrected chi connectivity index (χ0v) is 12.7. The van der Waals surface area contributed by atoms with Gasteiger partial charge in [0.2, 0.25) is 0 Å². The third-order valence-electron chi connectivity index (χ3n) is 4.22. The number of rotatable bonds is 4. The molecule has 0 saturated heterocycles. The van der Waals surface area contributed by atoms with E-state index in [4.69, 9.17) is 11.6 Å². The van der Waals surface area contributed by atoms with Crippen LogP contribution in [0.5, 0.6) is 0 Å². The van der Waals surface area contributed by atoms with Crippen molar-refractivity contribution in [3.8, 4) is 0 Å². The number of nitro groups is 1. The second-order valence-corrected chi connectivity index (χ2v) is 6.06. The summed E-state index contributed by atoms with van der Waals surface area (Å²) in [5.41, 5.74) is 0.170. The third-order valence-corrected chi connectivity index (χ3v) is 4.52. The predicted octanol–water partition coefficient (Wildman–Crippen LogP) is 3.80. The summed E-state index contributed by atoms with van der Waals surface area (Å²) in [4.78, 5) is 22.2. The highest BCUT2D eigenvalue weighted by molar-refractivity contribution is 6.33. The summed E-state index contributed by atoms with van der Waals surface area (Å²) >= 11 is 5.82. The molecule has 0 radical (unpaired) electrons. The lowest BCUT2D eigenvalue weighted by Crippen LogP contribution is -2.33. The van der Waals surface area contributed by atoms with E-state index in [-0.39, 0.29) is 16.6 Å². The number of hydrogen-bond donors (Lipinski definition) is 1. The lowest BCUT2D eigenvalue weighted by Gasteiger charge is -2.28. The van der Waals surface area contributed by atoms with Crippen LogP contribution >= 0.6 is 11.6 Å². The molecular formula is C15H19ClN2O3. The zero-order valence-electron chi connectivity index (χ0n) is 12.0. The highest BCUT2D eigenvalue weighted by atomic mass is 35.5. The smallest absolute Gasteiger partial charge is 0.287 e. The number of halogens is 1. The summed E-state index contributed by atoms with van der Waals surface area (Å²) in [5.74, 6) is 0.903. The van der Waals surface area contributed by atoms with Crippen molar-refractivity contribution in [2.75, 3.05) is 6.54 Å². The van der Waals surface area contributed by atoms with E-state index in [2.05, 4.69) is 12.2 Å². The van der Waals surface area contributed by atoms with Gasteiger partial charge in [0, 0.05) is 18.2 Å². The summed E-state index contributed by atoms with van der Waals surface area (Å²) < 4.78 is 0. The molecule has 0 aromatic heterocycles. The first kappa shape index (κ1) is 15.8. The largest absolute Gasteiger partial charge is 0.352 e. The van der Waals surface area contributed by atoms with Crippen molar-refractivity contribution in [3.05, 3.63) is 38.9 Å². The maximum Gasteiger partial charge on any atom is 0.287 e. The van der Waals surface area contributed by atoms with Gasteiger partial charge in [0.1, 0.15) is 5.02 Å². The van der Waals surface area contributed by atoms with Gasteiger partial charge in [0.15, 0.2) is 0 Å². The van der Waals surface area contributed by atoms with E-state index < -0.39 is 4.92 Å². The van der Waals surface area contributed by atoms with Crippen LogP contribution in [0.1, 0.15) is 43.0 Å². The number of nitrogens with one attached hydrogen (secondary N) is 1. The van der Waals surface area contributed by atoms with E-state index in [9.17, 15) is 14.9 Å². The highest BCUT2D eigenvalue weighted by Crippen LogP contribution is 2.29. The van der Waals surface area contributed by atoms with Gasteiger partial charge in [0.05, 0.1) is 4.92 Å². The van der Waals surface area contributed by atoms with Crippen LogP contribution in [0, 0.1) is 22.0 Å². The number of amides is 1. The Balaban J connectivity index is 1.97. The molecule has 0 heterocycles. The van der Waals surface area contributed by atoms with Gasteiger partial charge in [-0.05, 0) is 30.4 Å². The fourth-order valence-electron chi connectivity index (χ4n) is 2.82. The predicted molar refractivity (Wildman–Crippen MR) is 81.6 cm³/mol. The second kappa shape index (κ2) is 6.89. The van der Waals surface area contributed by atoms with E-state index in [0.29, 0.717) is 23.9 Å². The number of hydrogen-bond acceptors (Lipinski definition) is 3. The molecule has 2 unspecified atom stereocenters. The minimum absolute atomic E-state index is 0.0151. The summed E-state index contributed by atoms with van der Waals surface area (Å²) in [6, 6.07) is 4.05. The van der Waals surface area contributed by atoms with Crippen LogP contribution in [0.2, 0.25) is 5.02 Å². The lowest BCUT2D eigenvalue weighted by molar-refractivity contribution is -0.384. The Morgan fingerprint density at radius 2 is 2.14 bits per heavy atom. The Morgan fingerprint density at radius 1 is 1.43 bits per heavy atom. The van der Waals surface area contributed by atoms with E-state index in [1.165, 1.54) is 37.5 Å². The molecule has 1 saturated carbocycles. The van der Waals surface area contributed by atoms with Crippen LogP contribution in [0.25, 0.3) is 0 Å². The van der Waals surface area contributed by atoms with Crippen LogP contribution in [0.15, 0.2) is 18.2 Å². The normalized spacial score (nSPS) is 21.8. The number of carbonyl (C=O) groups excluding carboxylic acids is 1. The molecule has 5 nitrogen and oxygen atoms in total. The Bertz CT molecular complexity index is 548. The molecule has 1 aromatic carbocycles. The first-order chi connectivity index (χ1) is 9.99. The van der Waals surface area contributed by atoms with Crippen molar-refractivity contribution in [2.24, 2.45) is 11.8 Å². The number of nitro benzene ring substituents is 1. The first-order valence-corrected chi connectivity index (χ1v) is 7.59. The van der Waals surface area contributed by atoms with Gasteiger partial charge in [-0.2, -0.15) is 0 Å². The Hall–Kier alpha value is -1.62. The molecule has 1 fully saturated rings. The fraction of sp³-hybridized carbons (Fsp3) is 0.533. The summed E-state index contributed by atoms with van der Waals surface area (Å²) in [6.45, 7) is 2.87. The highest BCUT2D eigenvalue weighted by Gasteiger charge is 2.22. The number of nitrogens with zero attached hydrogens (tertiary/aromatic N) is 1. The molecule has 0 aliphatic heterocycles. The van der Waals surface area contributed by atoms with E-state index in [1.54, 1.807) is 0 Å². The molecule has 1 amide bonds. The standard InChI is InChI=1S/C15H19ClN2O3/c1-10-4-2-3-5-12(10)9-17-15(19)11-6-7-14(18(20)21)13(16)8-11/h6-8,10,12H,2-5,9H2,1H3,(H,17,19). The molecule has 6 heteroatoms. The monoisotopic (exact) mass is 310 g/mol. The van der Waals surface area contributed by atoms with Crippen LogP contribution in [-0.4, -0.2) is 17.4 Å². The van der Waals surface area contributed by atoms with Crippen LogP contribution in [0.4, 0.5) is 5.69 Å². The first-order valence-electron chi connectivity index (χ1n) is 7.21. The SMILES string of the molecule is CC1CCCCC1CNC(=O)c1ccc([N+](=O)[O-])c(Cl)c1. The van der Waals surface area contributed by atoms with Crippen LogP contribution in [-0.2, 0) is 0 Å². The average Bonchev–Trinajstić information content (AvgIpc) is 2.45. The second-order valence-electron chi connectivity index (χ2n) is 5.66. The Labute approximate surface area is 128 Å². The van der Waals surface area contributed by atoms with Crippen molar-refractivity contribution in [3.63, 3.8) is 0 Å². The van der Waals surface area contributed by atoms with Crippen molar-refractivity contribution in [2.45, 2.75) is 32.6 Å². The molecule has 0 bridgehead atoms. The molecule has 114 valence electrons. The molecule has 1 aromatic rings. The minimum atomic E-state index is -0.562. The Kier molecular flexibility index (Phi) is 5.17. The van der Waals surface area contributed by atoms with Crippen LogP contribution in [0.3, 0.4) is 0 Å². The number of benzene rings is 1. The van der Waals surface area contributed by atoms with Crippen molar-refractivity contribution in [1.29, 1.82) is 0 Å². The molecule has 1 aliphatic rings. The molecular weight excluding hydrogens is 292 g/mol. The summed E-state index contributed by atoms with van der Waals surface area (Å²) in [5, 5.41) is 13.6. The van der Waals surface area contributed by atoms with Gasteiger partial charge < -0.3 is 5.32 Å². The average molecular weight is 311 g/mol. The maximum absolute atomic E-state index is 12.1. The number of carbonyl (C=O) groups is 1. The minimum Gasteiger partial charge on any atom is -0.352 e. The van der Waals surface area contributed by atoms with Gasteiger partial charge in [-0.1, -0.05) is 37.8 Å². The molecule has 2 rings (SSSR count). The van der Waals surface area contributed by atoms with Crippen molar-refractivity contribution >= 4 is 23.2 Å². The van der Waals surface area contributed by atoms with Gasteiger partial charge in [-0.3, -0.25) is 14.9 Å². The van der Waals surface area contributed by atoms with Gasteiger partial charge in [-0.15, -0.1) is 0 Å². The fourth-order valence-corrected chi connectivity index (χ4v) is 3.07. The van der Waals surface area contributed by atoms with Crippen LogP contribution < -0.4 is 5.32 Å². The molecule has 1 N–H and O–H groups in total. The third kappa shape index (κ3) is 3.94. The maximum atomic E-state index is 12.1. The molecule has 2 atom stereocenters. The van der Waals surface area contributed by atoms with Crippen molar-refractivity contribution in [1.82, 2.24) is 5.32 Å². The van der Waals surface area contributed by atoms with Gasteiger partial charge in [-0.25, -0.2) is 0 Å². The van der Waals surface area contributed by atoms with Gasteiger partial charge in [0.25, 0.3) is 11.6 Å². The quantitative estimate of drug-likeness (QED) is 0.679. The topological polar surface area (TPSA) is 72.2 Å². The van der Waals surface area contributed by atoms with Gasteiger partial charge >= 0.3 is 0 Å². The molecule has 21 heavy (non-hydrogen) atoms. The molecule has 1 aliphatic carbocycles. The Morgan fingerprint density at radius 3 is 2.76 bits per heavy atom. The summed E-state index contributed by atoms with van der Waals surface area (Å²) in [6.07, 6.45) is 4.84.